The van der Waals surface area contributed by atoms with E-state index in [1.165, 1.54) is 0 Å². The molecule has 18 heavy (non-hydrogen) atoms. The highest BCUT2D eigenvalue weighted by molar-refractivity contribution is 14.1. The van der Waals surface area contributed by atoms with Gasteiger partial charge in [0.25, 0.3) is 5.91 Å². The summed E-state index contributed by atoms with van der Waals surface area (Å²) in [6.07, 6.45) is -0.292. The number of halogens is 2. The Morgan fingerprint density at radius 2 is 2.39 bits per heavy atom. The molecule has 1 unspecified atom stereocenters. The Morgan fingerprint density at radius 1 is 1.61 bits per heavy atom. The number of carbonyl (C=O) groups excluding carboxylic acids is 1. The number of aliphatic hydroxyl groups excluding tert-OH is 1. The van der Waals surface area contributed by atoms with Crippen LogP contribution >= 0.6 is 34.2 Å². The van der Waals surface area contributed by atoms with Gasteiger partial charge in [0.15, 0.2) is 0 Å². The van der Waals surface area contributed by atoms with Gasteiger partial charge in [-0.1, -0.05) is 11.6 Å². The fraction of sp³-hybridized carbons (Fsp3) is 0.417. The number of carbonyl (C=O) groups is 1. The molecule has 1 aliphatic rings. The molecule has 2 rings (SSSR count). The number of rotatable bonds is 2. The number of aliphatic hydroxyl groups is 1. The average molecular weight is 382 g/mol. The molecule has 1 saturated heterocycles. The monoisotopic (exact) mass is 381 g/mol. The van der Waals surface area contributed by atoms with Crippen LogP contribution in [-0.4, -0.2) is 48.3 Å². The quantitative estimate of drug-likeness (QED) is 0.795. The summed E-state index contributed by atoms with van der Waals surface area (Å²) in [6.45, 7) is 1.33. The molecule has 98 valence electrons. The van der Waals surface area contributed by atoms with E-state index in [2.05, 4.69) is 22.6 Å². The van der Waals surface area contributed by atoms with Crippen molar-refractivity contribution < 1.29 is 14.6 Å². The van der Waals surface area contributed by atoms with Gasteiger partial charge in [0.05, 0.1) is 24.9 Å². The normalized spacial score (nSPS) is 19.9. The molecule has 1 aliphatic heterocycles. The van der Waals surface area contributed by atoms with Crippen molar-refractivity contribution in [3.63, 3.8) is 0 Å². The van der Waals surface area contributed by atoms with Crippen LogP contribution < -0.4 is 0 Å². The number of hydrogen-bond donors (Lipinski definition) is 1. The van der Waals surface area contributed by atoms with Crippen LogP contribution in [0.4, 0.5) is 0 Å². The second-order valence-electron chi connectivity index (χ2n) is 4.05. The molecule has 0 bridgehead atoms. The highest BCUT2D eigenvalue weighted by atomic mass is 127. The zero-order chi connectivity index (χ0) is 13.1. The van der Waals surface area contributed by atoms with Crippen molar-refractivity contribution in [1.29, 1.82) is 0 Å². The van der Waals surface area contributed by atoms with Crippen molar-refractivity contribution in [1.82, 2.24) is 4.90 Å². The molecular weight excluding hydrogens is 368 g/mol. The zero-order valence-corrected chi connectivity index (χ0v) is 12.5. The van der Waals surface area contributed by atoms with Crippen molar-refractivity contribution in [2.45, 2.75) is 6.10 Å². The Labute approximate surface area is 124 Å². The molecule has 6 heteroatoms. The lowest BCUT2D eigenvalue weighted by Gasteiger charge is -2.32. The van der Waals surface area contributed by atoms with E-state index in [-0.39, 0.29) is 18.6 Å². The molecule has 1 atom stereocenters. The first-order valence-electron chi connectivity index (χ1n) is 5.58. The maximum atomic E-state index is 12.4. The van der Waals surface area contributed by atoms with Crippen molar-refractivity contribution in [3.8, 4) is 0 Å². The Bertz CT molecular complexity index is 455. The number of morpholine rings is 1. The first kappa shape index (κ1) is 14.0. The Kier molecular flexibility index (Phi) is 4.83. The lowest BCUT2D eigenvalue weighted by atomic mass is 10.1. The molecular formula is C12H13ClINO3. The molecule has 4 nitrogen and oxygen atoms in total. The number of hydrogen-bond acceptors (Lipinski definition) is 3. The molecule has 1 N–H and O–H groups in total. The SMILES string of the molecule is O=C(c1cc(Cl)ccc1I)N1CCOC(CO)C1. The largest absolute Gasteiger partial charge is 0.394 e. The van der Waals surface area contributed by atoms with Gasteiger partial charge >= 0.3 is 0 Å². The van der Waals surface area contributed by atoms with Gasteiger partial charge in [0.1, 0.15) is 0 Å². The van der Waals surface area contributed by atoms with E-state index in [9.17, 15) is 4.79 Å². The van der Waals surface area contributed by atoms with Crippen LogP contribution in [-0.2, 0) is 4.74 Å². The summed E-state index contributed by atoms with van der Waals surface area (Å²) in [7, 11) is 0. The minimum atomic E-state index is -0.292. The number of amides is 1. The van der Waals surface area contributed by atoms with Gasteiger partial charge in [-0.15, -0.1) is 0 Å². The third-order valence-corrected chi connectivity index (χ3v) is 3.96. The summed E-state index contributed by atoms with van der Waals surface area (Å²) in [5, 5.41) is 9.62. The van der Waals surface area contributed by atoms with Crippen LogP contribution in [0.1, 0.15) is 10.4 Å². The van der Waals surface area contributed by atoms with Crippen molar-refractivity contribution >= 4 is 40.1 Å². The van der Waals surface area contributed by atoms with Crippen molar-refractivity contribution in [2.75, 3.05) is 26.3 Å². The Hall–Kier alpha value is -0.370. The van der Waals surface area contributed by atoms with Crippen molar-refractivity contribution in [2.24, 2.45) is 0 Å². The predicted molar refractivity (Wildman–Crippen MR) is 76.9 cm³/mol. The minimum Gasteiger partial charge on any atom is -0.394 e. The fourth-order valence-corrected chi connectivity index (χ4v) is 2.58. The van der Waals surface area contributed by atoms with Gasteiger partial charge in [-0.2, -0.15) is 0 Å². The lowest BCUT2D eigenvalue weighted by molar-refractivity contribution is -0.0447. The van der Waals surface area contributed by atoms with Gasteiger partial charge in [-0.3, -0.25) is 4.79 Å². The third-order valence-electron chi connectivity index (χ3n) is 2.79. The lowest BCUT2D eigenvalue weighted by Crippen LogP contribution is -2.47. The smallest absolute Gasteiger partial charge is 0.255 e. The van der Waals surface area contributed by atoms with Gasteiger partial charge < -0.3 is 14.7 Å². The highest BCUT2D eigenvalue weighted by Crippen LogP contribution is 2.20. The number of nitrogens with zero attached hydrogens (tertiary/aromatic N) is 1. The van der Waals surface area contributed by atoms with Gasteiger partial charge in [0.2, 0.25) is 0 Å². The molecule has 1 fully saturated rings. The minimum absolute atomic E-state index is 0.0661. The molecule has 0 aliphatic carbocycles. The Balaban J connectivity index is 2.17. The molecule has 1 heterocycles. The summed E-state index contributed by atoms with van der Waals surface area (Å²) in [6, 6.07) is 5.26. The molecule has 0 radical (unpaired) electrons. The summed E-state index contributed by atoms with van der Waals surface area (Å²) < 4.78 is 6.19. The second kappa shape index (κ2) is 6.18. The third kappa shape index (κ3) is 3.14. The van der Waals surface area contributed by atoms with Crippen LogP contribution in [0.3, 0.4) is 0 Å². The first-order chi connectivity index (χ1) is 8.61. The molecule has 0 spiro atoms. The van der Waals surface area contributed by atoms with Crippen LogP contribution in [0.5, 0.6) is 0 Å². The standard InChI is InChI=1S/C12H13ClINO3/c13-8-1-2-11(14)10(5-8)12(17)15-3-4-18-9(6-15)7-16/h1-2,5,9,16H,3-4,6-7H2. The average Bonchev–Trinajstić information content (AvgIpc) is 2.41. The molecule has 1 aromatic carbocycles. The summed E-state index contributed by atoms with van der Waals surface area (Å²) >= 11 is 8.03. The van der Waals surface area contributed by atoms with E-state index in [0.29, 0.717) is 30.3 Å². The van der Waals surface area contributed by atoms with Crippen molar-refractivity contribution in [3.05, 3.63) is 32.4 Å². The number of ether oxygens (including phenoxy) is 1. The van der Waals surface area contributed by atoms with E-state index in [4.69, 9.17) is 21.4 Å². The summed E-state index contributed by atoms with van der Waals surface area (Å²) in [5.41, 5.74) is 0.599. The van der Waals surface area contributed by atoms with Gasteiger partial charge in [-0.25, -0.2) is 0 Å². The van der Waals surface area contributed by atoms with E-state index in [0.717, 1.165) is 3.57 Å². The molecule has 0 aromatic heterocycles. The summed E-state index contributed by atoms with van der Waals surface area (Å²) in [4.78, 5) is 14.1. The molecule has 1 amide bonds. The van der Waals surface area contributed by atoms with Gasteiger partial charge in [0, 0.05) is 21.7 Å². The number of benzene rings is 1. The first-order valence-corrected chi connectivity index (χ1v) is 7.04. The maximum absolute atomic E-state index is 12.4. The van der Waals surface area contributed by atoms with E-state index in [1.54, 1.807) is 17.0 Å². The molecule has 1 aromatic rings. The van der Waals surface area contributed by atoms with E-state index < -0.39 is 0 Å². The van der Waals surface area contributed by atoms with Crippen LogP contribution in [0.25, 0.3) is 0 Å². The second-order valence-corrected chi connectivity index (χ2v) is 5.65. The predicted octanol–water partition coefficient (Wildman–Crippen LogP) is 1.78. The van der Waals surface area contributed by atoms with E-state index >= 15 is 0 Å². The van der Waals surface area contributed by atoms with Gasteiger partial charge in [-0.05, 0) is 40.8 Å². The highest BCUT2D eigenvalue weighted by Gasteiger charge is 2.25. The topological polar surface area (TPSA) is 49.8 Å². The Morgan fingerprint density at radius 3 is 3.11 bits per heavy atom. The van der Waals surface area contributed by atoms with Crippen LogP contribution in [0.2, 0.25) is 5.02 Å². The maximum Gasteiger partial charge on any atom is 0.255 e. The summed E-state index contributed by atoms with van der Waals surface area (Å²) in [5.74, 6) is -0.0661. The zero-order valence-electron chi connectivity index (χ0n) is 9.60. The molecule has 0 saturated carbocycles. The van der Waals surface area contributed by atoms with E-state index in [1.807, 2.05) is 6.07 Å². The van der Waals surface area contributed by atoms with Crippen LogP contribution in [0.15, 0.2) is 18.2 Å². The fourth-order valence-electron chi connectivity index (χ4n) is 1.85. The van der Waals surface area contributed by atoms with Crippen LogP contribution in [0, 0.1) is 3.57 Å².